The summed E-state index contributed by atoms with van der Waals surface area (Å²) < 4.78 is 22.2. The molecule has 0 radical (unpaired) electrons. The molecule has 0 aliphatic carbocycles. The van der Waals surface area contributed by atoms with E-state index < -0.39 is 35.6 Å². The van der Waals surface area contributed by atoms with Crippen molar-refractivity contribution in [3.8, 4) is 11.1 Å². The average Bonchev–Trinajstić information content (AvgIpc) is 3.41. The first-order valence-electron chi connectivity index (χ1n) is 11.4. The number of pyridine rings is 1. The molecule has 1 amide bonds. The van der Waals surface area contributed by atoms with E-state index >= 15 is 0 Å². The lowest BCUT2D eigenvalue weighted by molar-refractivity contribution is -0.125. The number of fused-ring (bicyclic) bond motifs is 1. The molecule has 6 nitrogen and oxygen atoms in total. The molecule has 4 aromatic rings. The van der Waals surface area contributed by atoms with Gasteiger partial charge < -0.3 is 15.0 Å². The number of hydrogen-bond acceptors (Lipinski definition) is 4. The summed E-state index contributed by atoms with van der Waals surface area (Å²) in [6.07, 6.45) is -0.730. The van der Waals surface area contributed by atoms with Crippen LogP contribution in [0.15, 0.2) is 77.6 Å². The molecule has 35 heavy (non-hydrogen) atoms. The monoisotopic (exact) mass is 468 g/mol. The Kier molecular flexibility index (Phi) is 4.81. The van der Waals surface area contributed by atoms with Crippen LogP contribution in [0.25, 0.3) is 22.0 Å². The number of esters is 1. The second-order valence-corrected chi connectivity index (χ2v) is 9.12. The molecule has 3 heterocycles. The van der Waals surface area contributed by atoms with Crippen molar-refractivity contribution in [3.63, 3.8) is 0 Å². The third-order valence-electron chi connectivity index (χ3n) is 7.14. The highest BCUT2D eigenvalue weighted by Crippen LogP contribution is 2.44. The first kappa shape index (κ1) is 21.3. The lowest BCUT2D eigenvalue weighted by atomic mass is 9.83. The summed E-state index contributed by atoms with van der Waals surface area (Å²) in [4.78, 5) is 37.9. The lowest BCUT2D eigenvalue weighted by Crippen LogP contribution is -2.31. The van der Waals surface area contributed by atoms with Crippen LogP contribution in [0.2, 0.25) is 0 Å². The summed E-state index contributed by atoms with van der Waals surface area (Å²) in [5.41, 5.74) is 9.30. The molecule has 3 aromatic carbocycles. The van der Waals surface area contributed by atoms with E-state index in [4.69, 9.17) is 10.5 Å². The highest BCUT2D eigenvalue weighted by Gasteiger charge is 2.42. The molecule has 0 spiro atoms. The van der Waals surface area contributed by atoms with Gasteiger partial charge in [-0.2, -0.15) is 0 Å². The number of nitrogens with zero attached hydrogens (tertiary/aromatic N) is 1. The smallest absolute Gasteiger partial charge is 0.339 e. The minimum Gasteiger partial charge on any atom is -0.453 e. The van der Waals surface area contributed by atoms with Crippen molar-refractivity contribution in [3.05, 3.63) is 106 Å². The van der Waals surface area contributed by atoms with Gasteiger partial charge in [-0.1, -0.05) is 42.5 Å². The van der Waals surface area contributed by atoms with E-state index in [1.165, 1.54) is 16.7 Å². The molecule has 0 fully saturated rings. The zero-order valence-corrected chi connectivity index (χ0v) is 18.6. The number of nitrogens with two attached hydrogens (primary N) is 1. The summed E-state index contributed by atoms with van der Waals surface area (Å²) in [6, 6.07) is 21.2. The number of carbonyl (C=O) groups excluding carboxylic acids is 2. The Morgan fingerprint density at radius 3 is 2.57 bits per heavy atom. The van der Waals surface area contributed by atoms with E-state index in [1.54, 1.807) is 24.3 Å². The molecule has 2 aliphatic heterocycles. The molecule has 0 saturated carbocycles. The van der Waals surface area contributed by atoms with Crippen LogP contribution in [0.4, 0.5) is 4.39 Å². The zero-order valence-electron chi connectivity index (χ0n) is 18.6. The summed E-state index contributed by atoms with van der Waals surface area (Å²) >= 11 is 0. The van der Waals surface area contributed by atoms with Gasteiger partial charge in [0.05, 0.1) is 17.0 Å². The summed E-state index contributed by atoms with van der Waals surface area (Å²) in [5.74, 6) is -2.93. The van der Waals surface area contributed by atoms with Gasteiger partial charge in [0, 0.05) is 29.7 Å². The fourth-order valence-corrected chi connectivity index (χ4v) is 5.50. The third kappa shape index (κ3) is 3.34. The minimum absolute atomic E-state index is 0.143. The number of carbonyl (C=O) groups is 2. The SMILES string of the molecule is NC(=O)C(C[C@H]1Cn2c(=O)ccc3ccc(F)c1c32)[C@@H]1OC(=O)c2cc(-c3ccccc3)ccc21. The first-order chi connectivity index (χ1) is 16.9. The van der Waals surface area contributed by atoms with Gasteiger partial charge in [0.25, 0.3) is 5.56 Å². The van der Waals surface area contributed by atoms with E-state index in [9.17, 15) is 18.8 Å². The Hall–Kier alpha value is -4.26. The largest absolute Gasteiger partial charge is 0.453 e. The summed E-state index contributed by atoms with van der Waals surface area (Å²) in [7, 11) is 0. The fraction of sp³-hybridized carbons (Fsp3) is 0.179. The predicted molar refractivity (Wildman–Crippen MR) is 128 cm³/mol. The number of benzene rings is 3. The fourth-order valence-electron chi connectivity index (χ4n) is 5.50. The van der Waals surface area contributed by atoms with Crippen molar-refractivity contribution in [1.29, 1.82) is 0 Å². The number of aromatic nitrogens is 1. The highest BCUT2D eigenvalue weighted by molar-refractivity contribution is 5.96. The number of cyclic esters (lactones) is 1. The van der Waals surface area contributed by atoms with Gasteiger partial charge in [-0.3, -0.25) is 9.59 Å². The normalized spacial score (nSPS) is 18.9. The van der Waals surface area contributed by atoms with Crippen LogP contribution in [-0.2, 0) is 16.1 Å². The highest BCUT2D eigenvalue weighted by atomic mass is 19.1. The molecule has 3 atom stereocenters. The predicted octanol–water partition coefficient (Wildman–Crippen LogP) is 4.31. The Balaban J connectivity index is 1.37. The molecule has 0 bridgehead atoms. The van der Waals surface area contributed by atoms with E-state index in [2.05, 4.69) is 0 Å². The molecule has 2 aliphatic rings. The van der Waals surface area contributed by atoms with Crippen LogP contribution in [0.3, 0.4) is 0 Å². The molecule has 1 aromatic heterocycles. The second kappa shape index (κ2) is 7.91. The van der Waals surface area contributed by atoms with E-state index in [1.807, 2.05) is 36.4 Å². The number of amides is 1. The van der Waals surface area contributed by atoms with Crippen molar-refractivity contribution in [2.45, 2.75) is 25.0 Å². The number of rotatable bonds is 5. The Morgan fingerprint density at radius 1 is 1.03 bits per heavy atom. The van der Waals surface area contributed by atoms with Crippen molar-refractivity contribution < 1.29 is 18.7 Å². The molecule has 7 heteroatoms. The van der Waals surface area contributed by atoms with E-state index in [-0.39, 0.29) is 18.5 Å². The van der Waals surface area contributed by atoms with Crippen molar-refractivity contribution >= 4 is 22.8 Å². The molecule has 2 N–H and O–H groups in total. The molecule has 0 saturated heterocycles. The van der Waals surface area contributed by atoms with Crippen molar-refractivity contribution in [2.24, 2.45) is 11.7 Å². The average molecular weight is 468 g/mol. The number of primary amides is 1. The van der Waals surface area contributed by atoms with Crippen molar-refractivity contribution in [2.75, 3.05) is 0 Å². The van der Waals surface area contributed by atoms with Gasteiger partial charge >= 0.3 is 5.97 Å². The van der Waals surface area contributed by atoms with Crippen molar-refractivity contribution in [1.82, 2.24) is 4.57 Å². The van der Waals surface area contributed by atoms with Crippen LogP contribution in [0.1, 0.15) is 39.9 Å². The number of ether oxygens (including phenoxy) is 1. The molecular formula is C28H21FN2O4. The van der Waals surface area contributed by atoms with Gasteiger partial charge in [-0.25, -0.2) is 9.18 Å². The van der Waals surface area contributed by atoms with Crippen LogP contribution in [-0.4, -0.2) is 16.4 Å². The maximum Gasteiger partial charge on any atom is 0.339 e. The zero-order chi connectivity index (χ0) is 24.3. The van der Waals surface area contributed by atoms with Crippen LogP contribution >= 0.6 is 0 Å². The van der Waals surface area contributed by atoms with Gasteiger partial charge in [-0.15, -0.1) is 0 Å². The minimum atomic E-state index is -0.882. The standard InChI is InChI=1S/C28H21FN2O4/c29-22-10-7-16-8-11-23(32)31-14-18(24(22)25(16)31)13-21(27(30)33)26-19-9-6-17(12-20(19)28(34)35-26)15-4-2-1-3-5-15/h1-12,18,21,26H,13-14H2,(H2,30,33)/t18-,21?,26+/m0/s1. The summed E-state index contributed by atoms with van der Waals surface area (Å²) in [6.45, 7) is 0.233. The number of halogens is 1. The van der Waals surface area contributed by atoms with E-state index in [0.29, 0.717) is 22.2 Å². The van der Waals surface area contributed by atoms with Crippen LogP contribution in [0.5, 0.6) is 0 Å². The van der Waals surface area contributed by atoms with E-state index in [0.717, 1.165) is 16.5 Å². The Morgan fingerprint density at radius 2 is 1.80 bits per heavy atom. The van der Waals surface area contributed by atoms with Crippen LogP contribution in [0, 0.1) is 11.7 Å². The van der Waals surface area contributed by atoms with Crippen LogP contribution < -0.4 is 11.3 Å². The first-order valence-corrected chi connectivity index (χ1v) is 11.4. The molecule has 174 valence electrons. The molecule has 1 unspecified atom stereocenters. The maximum absolute atomic E-state index is 15.0. The molecular weight excluding hydrogens is 447 g/mol. The second-order valence-electron chi connectivity index (χ2n) is 9.12. The van der Waals surface area contributed by atoms with Gasteiger partial charge in [0.15, 0.2) is 0 Å². The lowest BCUT2D eigenvalue weighted by Gasteiger charge is -2.24. The molecule has 6 rings (SSSR count). The van der Waals surface area contributed by atoms with Gasteiger partial charge in [0.2, 0.25) is 5.91 Å². The Bertz CT molecular complexity index is 1580. The maximum atomic E-state index is 15.0. The Labute approximate surface area is 199 Å². The summed E-state index contributed by atoms with van der Waals surface area (Å²) in [5, 5.41) is 0.755. The third-order valence-corrected chi connectivity index (χ3v) is 7.14. The van der Waals surface area contributed by atoms with Gasteiger partial charge in [-0.05, 0) is 47.2 Å². The van der Waals surface area contributed by atoms with Gasteiger partial charge in [0.1, 0.15) is 11.9 Å². The topological polar surface area (TPSA) is 91.4 Å². The number of hydrogen-bond donors (Lipinski definition) is 1. The quantitative estimate of drug-likeness (QED) is 0.442.